The first-order valence-electron chi connectivity index (χ1n) is 9.38. The molecule has 4 rings (SSSR count). The van der Waals surface area contributed by atoms with E-state index in [0.29, 0.717) is 22.6 Å². The lowest BCUT2D eigenvalue weighted by Crippen LogP contribution is -2.37. The number of methoxy groups -OCH3 is 1. The molecule has 0 amide bonds. The van der Waals surface area contributed by atoms with Gasteiger partial charge in [-0.25, -0.2) is 23.5 Å². The van der Waals surface area contributed by atoms with Gasteiger partial charge in [0.25, 0.3) is 0 Å². The van der Waals surface area contributed by atoms with Crippen LogP contribution in [0.25, 0.3) is 11.0 Å². The summed E-state index contributed by atoms with van der Waals surface area (Å²) in [6.45, 7) is 2.00. The van der Waals surface area contributed by atoms with Crippen molar-refractivity contribution in [2.45, 2.75) is 30.4 Å². The van der Waals surface area contributed by atoms with Gasteiger partial charge in [-0.05, 0) is 52.5 Å². The monoisotopic (exact) mass is 495 g/mol. The van der Waals surface area contributed by atoms with Crippen LogP contribution < -0.4 is 15.4 Å². The summed E-state index contributed by atoms with van der Waals surface area (Å²) >= 11 is 3.42. The Morgan fingerprint density at radius 2 is 2.10 bits per heavy atom. The van der Waals surface area contributed by atoms with E-state index in [1.807, 2.05) is 6.07 Å². The number of nitrogens with one attached hydrogen (secondary N) is 2. The molecule has 0 aliphatic carbocycles. The second kappa shape index (κ2) is 8.46. The number of ether oxygens (including phenoxy) is 1. The van der Waals surface area contributed by atoms with Gasteiger partial charge in [0.15, 0.2) is 5.65 Å². The molecule has 0 unspecified atom stereocenters. The van der Waals surface area contributed by atoms with E-state index in [1.54, 1.807) is 19.2 Å². The van der Waals surface area contributed by atoms with Crippen molar-refractivity contribution in [3.05, 3.63) is 34.7 Å². The third kappa shape index (κ3) is 4.26. The van der Waals surface area contributed by atoms with Crippen molar-refractivity contribution >= 4 is 48.5 Å². The van der Waals surface area contributed by atoms with E-state index < -0.39 is 10.0 Å². The fraction of sp³-hybridized carbons (Fsp3) is 0.389. The molecule has 3 heterocycles. The third-order valence-corrected chi connectivity index (χ3v) is 6.73. The predicted molar refractivity (Wildman–Crippen MR) is 117 cm³/mol. The zero-order chi connectivity index (χ0) is 21.3. The minimum atomic E-state index is -3.82. The third-order valence-electron chi connectivity index (χ3n) is 5.25. The van der Waals surface area contributed by atoms with Crippen molar-refractivity contribution in [1.29, 1.82) is 0 Å². The highest BCUT2D eigenvalue weighted by atomic mass is 79.9. The van der Waals surface area contributed by atoms with Crippen LogP contribution in [0.3, 0.4) is 0 Å². The summed E-state index contributed by atoms with van der Waals surface area (Å²) < 4.78 is 29.9. The molecule has 10 nitrogen and oxygen atoms in total. The summed E-state index contributed by atoms with van der Waals surface area (Å²) in [7, 11) is -2.09. The lowest BCUT2D eigenvalue weighted by Gasteiger charge is -2.34. The Balaban J connectivity index is 1.65. The highest BCUT2D eigenvalue weighted by Crippen LogP contribution is 2.30. The fourth-order valence-corrected chi connectivity index (χ4v) is 4.67. The maximum atomic E-state index is 11.9. The lowest BCUT2D eigenvalue weighted by molar-refractivity contribution is 0.0819. The molecule has 1 saturated heterocycles. The molecule has 160 valence electrons. The molecule has 1 aliphatic rings. The van der Waals surface area contributed by atoms with Gasteiger partial charge in [0.2, 0.25) is 10.0 Å². The number of benzene rings is 1. The number of piperidine rings is 1. The Hall–Kier alpha value is -2.28. The molecule has 0 atom stereocenters. The molecule has 1 fully saturated rings. The summed E-state index contributed by atoms with van der Waals surface area (Å²) in [5.41, 5.74) is 2.30. The van der Waals surface area contributed by atoms with Crippen molar-refractivity contribution in [3.8, 4) is 0 Å². The van der Waals surface area contributed by atoms with Crippen molar-refractivity contribution < 1.29 is 13.2 Å². The van der Waals surface area contributed by atoms with Crippen LogP contribution in [-0.4, -0.2) is 54.9 Å². The topological polar surface area (TPSA) is 139 Å². The van der Waals surface area contributed by atoms with E-state index in [0.717, 1.165) is 42.6 Å². The normalized spacial score (nSPS) is 15.6. The maximum Gasteiger partial charge on any atom is 0.238 e. The van der Waals surface area contributed by atoms with E-state index in [4.69, 9.17) is 9.88 Å². The molecule has 3 aromatic rings. The maximum absolute atomic E-state index is 11.9. The van der Waals surface area contributed by atoms with E-state index in [9.17, 15) is 8.42 Å². The number of H-pyrrole nitrogens is 1. The second-order valence-electron chi connectivity index (χ2n) is 7.07. The highest BCUT2D eigenvalue weighted by molar-refractivity contribution is 9.10. The van der Waals surface area contributed by atoms with Crippen LogP contribution in [0.1, 0.15) is 18.4 Å². The van der Waals surface area contributed by atoms with Crippen LogP contribution in [0.5, 0.6) is 0 Å². The van der Waals surface area contributed by atoms with Crippen molar-refractivity contribution in [1.82, 2.24) is 20.2 Å². The van der Waals surface area contributed by atoms with Gasteiger partial charge in [-0.2, -0.15) is 5.10 Å². The SMILES string of the molecule is COC1CCN(c2ccc(S(N)(=O)=O)cc2CNc2ncnc3n[nH]c(Br)c23)CC1. The number of aromatic nitrogens is 4. The zero-order valence-corrected chi connectivity index (χ0v) is 18.7. The van der Waals surface area contributed by atoms with E-state index >= 15 is 0 Å². The number of nitrogens with two attached hydrogens (primary N) is 1. The standard InChI is InChI=1S/C18H22BrN7O3S/c1-29-12-4-6-26(7-5-12)14-3-2-13(30(20,27)28)8-11(14)9-21-17-15-16(19)24-25-18(15)23-10-22-17/h2-3,8,10,12H,4-7,9H2,1H3,(H2,20,27,28)(H2,21,22,23,24,25). The van der Waals surface area contributed by atoms with E-state index in [2.05, 4.69) is 46.3 Å². The van der Waals surface area contributed by atoms with Crippen LogP contribution in [0, 0.1) is 0 Å². The van der Waals surface area contributed by atoms with Crippen LogP contribution >= 0.6 is 15.9 Å². The lowest BCUT2D eigenvalue weighted by atomic mass is 10.0. The van der Waals surface area contributed by atoms with Gasteiger partial charge < -0.3 is 15.0 Å². The molecule has 1 aromatic carbocycles. The Labute approximate surface area is 182 Å². The molecule has 2 aromatic heterocycles. The molecule has 0 saturated carbocycles. The molecule has 0 radical (unpaired) electrons. The van der Waals surface area contributed by atoms with E-state index in [-0.39, 0.29) is 11.0 Å². The summed E-state index contributed by atoms with van der Waals surface area (Å²) in [5, 5.41) is 16.3. The Morgan fingerprint density at radius 1 is 1.33 bits per heavy atom. The first kappa shape index (κ1) is 21.0. The Morgan fingerprint density at radius 3 is 2.80 bits per heavy atom. The number of nitrogens with zero attached hydrogens (tertiary/aromatic N) is 4. The molecule has 0 bridgehead atoms. The Bertz CT molecular complexity index is 1160. The van der Waals surface area contributed by atoms with Gasteiger partial charge in [-0.1, -0.05) is 0 Å². The number of rotatable bonds is 6. The number of anilines is 2. The van der Waals surface area contributed by atoms with Crippen molar-refractivity contribution in [2.24, 2.45) is 5.14 Å². The van der Waals surface area contributed by atoms with Crippen LogP contribution in [0.2, 0.25) is 0 Å². The first-order chi connectivity index (χ1) is 14.4. The number of primary sulfonamides is 1. The van der Waals surface area contributed by atoms with Gasteiger partial charge in [-0.3, -0.25) is 5.10 Å². The molecule has 12 heteroatoms. The molecular formula is C18H22BrN7O3S. The summed E-state index contributed by atoms with van der Waals surface area (Å²) in [6, 6.07) is 4.97. The number of aromatic amines is 1. The molecular weight excluding hydrogens is 474 g/mol. The van der Waals surface area contributed by atoms with Gasteiger partial charge in [0.1, 0.15) is 16.7 Å². The predicted octanol–water partition coefficient (Wildman–Crippen LogP) is 1.99. The molecule has 4 N–H and O–H groups in total. The number of sulfonamides is 1. The average Bonchev–Trinajstić information content (AvgIpc) is 3.13. The van der Waals surface area contributed by atoms with Gasteiger partial charge in [0, 0.05) is 32.4 Å². The molecule has 30 heavy (non-hydrogen) atoms. The Kier molecular flexibility index (Phi) is 5.91. The number of fused-ring (bicyclic) bond motifs is 1. The van der Waals surface area contributed by atoms with Crippen LogP contribution in [0.15, 0.2) is 34.0 Å². The quantitative estimate of drug-likeness (QED) is 0.471. The number of halogens is 1. The largest absolute Gasteiger partial charge is 0.381 e. The van der Waals surface area contributed by atoms with Crippen LogP contribution in [0.4, 0.5) is 11.5 Å². The fourth-order valence-electron chi connectivity index (χ4n) is 3.66. The summed E-state index contributed by atoms with van der Waals surface area (Å²) in [4.78, 5) is 10.7. The van der Waals surface area contributed by atoms with Gasteiger partial charge in [-0.15, -0.1) is 0 Å². The van der Waals surface area contributed by atoms with Crippen molar-refractivity contribution in [3.63, 3.8) is 0 Å². The molecule has 1 aliphatic heterocycles. The minimum absolute atomic E-state index is 0.0761. The second-order valence-corrected chi connectivity index (χ2v) is 9.42. The van der Waals surface area contributed by atoms with Gasteiger partial charge in [0.05, 0.1) is 16.4 Å². The zero-order valence-electron chi connectivity index (χ0n) is 16.3. The number of hydrogen-bond donors (Lipinski definition) is 3. The van der Waals surface area contributed by atoms with Gasteiger partial charge >= 0.3 is 0 Å². The van der Waals surface area contributed by atoms with Crippen LogP contribution in [-0.2, 0) is 21.3 Å². The van der Waals surface area contributed by atoms with Crippen molar-refractivity contribution in [2.75, 3.05) is 30.4 Å². The minimum Gasteiger partial charge on any atom is -0.381 e. The average molecular weight is 496 g/mol. The van der Waals surface area contributed by atoms with E-state index in [1.165, 1.54) is 6.33 Å². The smallest absolute Gasteiger partial charge is 0.238 e. The highest BCUT2D eigenvalue weighted by Gasteiger charge is 2.22. The molecule has 0 spiro atoms. The summed E-state index contributed by atoms with van der Waals surface area (Å²) in [6.07, 6.45) is 3.50. The summed E-state index contributed by atoms with van der Waals surface area (Å²) in [5.74, 6) is 0.589. The number of hydrogen-bond acceptors (Lipinski definition) is 8. The first-order valence-corrected chi connectivity index (χ1v) is 11.7.